The number of amides is 2. The number of halogens is 1. The largest absolute Gasteiger partial charge is 0.484 e. The average molecular weight is 782 g/mol. The summed E-state index contributed by atoms with van der Waals surface area (Å²) in [5.41, 5.74) is 4.63. The zero-order valence-electron chi connectivity index (χ0n) is 33.3. The number of hydroxylamine groups is 1. The number of nitrogens with zero attached hydrogens (tertiary/aromatic N) is 8. The van der Waals surface area contributed by atoms with Crippen molar-refractivity contribution in [1.29, 1.82) is 0 Å². The van der Waals surface area contributed by atoms with Gasteiger partial charge in [-0.05, 0) is 113 Å². The second kappa shape index (κ2) is 16.1. The molecule has 1 saturated heterocycles. The zero-order chi connectivity index (χ0) is 39.7. The van der Waals surface area contributed by atoms with Crippen LogP contribution in [0, 0.1) is 0 Å². The maximum atomic E-state index is 14.2. The van der Waals surface area contributed by atoms with Crippen LogP contribution in [0.4, 0.5) is 16.6 Å². The van der Waals surface area contributed by atoms with Crippen molar-refractivity contribution in [3.05, 3.63) is 94.3 Å². The van der Waals surface area contributed by atoms with Crippen molar-refractivity contribution in [2.75, 3.05) is 30.6 Å². The first-order chi connectivity index (χ1) is 26.8. The van der Waals surface area contributed by atoms with E-state index in [1.165, 1.54) is 6.42 Å². The Balaban J connectivity index is 1.15. The van der Waals surface area contributed by atoms with Crippen LogP contribution in [0.1, 0.15) is 101 Å². The predicted molar refractivity (Wildman–Crippen MR) is 218 cm³/mol. The number of carbonyl (C=O) groups is 2. The Labute approximate surface area is 333 Å². The van der Waals surface area contributed by atoms with Crippen LogP contribution in [-0.4, -0.2) is 74.5 Å². The number of carbonyl (C=O) groups excluding carboxylic acids is 2. The number of nitrogens with one attached hydrogen (secondary N) is 1. The molecule has 3 aromatic heterocycles. The molecule has 0 bridgehead atoms. The SMILES string of the molecule is C[C@@H]1CCC[C@H](C)N1c1nnc2ccc(O[C@@H]3CC[C@H](NC(=O)N(OC=O)c4cc(C(C)(C)C)nn4-c4ccc(Cl)c(CCN(C)C)c4)c4ccccc43)cn12. The van der Waals surface area contributed by atoms with E-state index >= 15 is 0 Å². The summed E-state index contributed by atoms with van der Waals surface area (Å²) in [6.45, 7) is 11.7. The lowest BCUT2D eigenvalue weighted by molar-refractivity contribution is -0.129. The minimum atomic E-state index is -0.605. The lowest BCUT2D eigenvalue weighted by Gasteiger charge is -2.39. The molecule has 1 aliphatic carbocycles. The number of likely N-dealkylation sites (N-methyl/N-ethyl adjacent to an activating group) is 1. The van der Waals surface area contributed by atoms with Gasteiger partial charge in [-0.25, -0.2) is 9.48 Å². The minimum absolute atomic E-state index is 0.251. The average Bonchev–Trinajstić information content (AvgIpc) is 3.80. The van der Waals surface area contributed by atoms with E-state index < -0.39 is 6.03 Å². The summed E-state index contributed by atoms with van der Waals surface area (Å²) in [6, 6.07) is 19.0. The first-order valence-corrected chi connectivity index (χ1v) is 19.8. The first-order valence-electron chi connectivity index (χ1n) is 19.5. The molecule has 56 heavy (non-hydrogen) atoms. The first kappa shape index (κ1) is 39.1. The zero-order valence-corrected chi connectivity index (χ0v) is 34.0. The van der Waals surface area contributed by atoms with E-state index in [1.807, 2.05) is 100 Å². The monoisotopic (exact) mass is 781 g/mol. The third kappa shape index (κ3) is 8.06. The Hall–Kier alpha value is -5.14. The Bertz CT molecular complexity index is 2180. The van der Waals surface area contributed by atoms with Crippen LogP contribution < -0.4 is 20.0 Å². The molecule has 0 spiro atoms. The number of piperidine rings is 1. The molecule has 14 heteroatoms. The van der Waals surface area contributed by atoms with Crippen LogP contribution in [0.5, 0.6) is 5.75 Å². The number of hydrogen-bond acceptors (Lipinski definition) is 9. The van der Waals surface area contributed by atoms with Crippen LogP contribution >= 0.6 is 11.6 Å². The van der Waals surface area contributed by atoms with Crippen molar-refractivity contribution in [2.24, 2.45) is 0 Å². The number of hydrogen-bond donors (Lipinski definition) is 1. The summed E-state index contributed by atoms with van der Waals surface area (Å²) in [5.74, 6) is 1.82. The Morgan fingerprint density at radius 2 is 1.73 bits per heavy atom. The summed E-state index contributed by atoms with van der Waals surface area (Å²) in [7, 11) is 4.02. The van der Waals surface area contributed by atoms with E-state index in [0.717, 1.165) is 59.2 Å². The minimum Gasteiger partial charge on any atom is -0.484 e. The van der Waals surface area contributed by atoms with Gasteiger partial charge in [0.05, 0.1) is 23.6 Å². The van der Waals surface area contributed by atoms with Crippen LogP contribution in [0.25, 0.3) is 11.3 Å². The predicted octanol–water partition coefficient (Wildman–Crippen LogP) is 8.00. The van der Waals surface area contributed by atoms with E-state index in [-0.39, 0.29) is 29.9 Å². The Morgan fingerprint density at radius 1 is 0.982 bits per heavy atom. The van der Waals surface area contributed by atoms with Crippen LogP contribution in [0.3, 0.4) is 0 Å². The lowest BCUT2D eigenvalue weighted by Crippen LogP contribution is -2.44. The standard InChI is InChI=1S/C42H52ClN9O4/c1-27-11-10-12-28(2)50(27)40-46-45-38-20-16-31(25-49(38)40)56-36-19-18-35(32-13-8-9-14-33(32)36)44-41(54)52(55-26-53)39-24-37(42(3,4)5)47-51(39)30-15-17-34(43)29(23-30)21-22-48(6)7/h8-9,13-17,20,23-28,35-36H,10-12,18-19,21-22H2,1-7H3,(H,44,54)/t27-,28+,35-,36+/m0/s1. The highest BCUT2D eigenvalue weighted by Crippen LogP contribution is 2.40. The number of benzene rings is 2. The molecule has 1 N–H and O–H groups in total. The molecule has 4 atom stereocenters. The van der Waals surface area contributed by atoms with Crippen molar-refractivity contribution in [3.8, 4) is 11.4 Å². The number of urea groups is 1. The summed E-state index contributed by atoms with van der Waals surface area (Å²) >= 11 is 6.61. The number of ether oxygens (including phenoxy) is 1. The number of pyridine rings is 1. The second-order valence-corrected chi connectivity index (χ2v) is 16.7. The van der Waals surface area contributed by atoms with E-state index in [2.05, 4.69) is 39.2 Å². The van der Waals surface area contributed by atoms with Gasteiger partial charge in [-0.3, -0.25) is 9.20 Å². The van der Waals surface area contributed by atoms with Gasteiger partial charge in [-0.2, -0.15) is 5.10 Å². The van der Waals surface area contributed by atoms with Gasteiger partial charge in [0, 0.05) is 35.1 Å². The molecule has 7 rings (SSSR count). The number of anilines is 2. The third-order valence-electron chi connectivity index (χ3n) is 10.9. The number of rotatable bonds is 11. The fraction of sp³-hybridized carbons (Fsp3) is 0.452. The van der Waals surface area contributed by atoms with Crippen LogP contribution in [0.15, 0.2) is 66.9 Å². The fourth-order valence-corrected chi connectivity index (χ4v) is 8.08. The maximum Gasteiger partial charge on any atom is 0.357 e. The van der Waals surface area contributed by atoms with Crippen molar-refractivity contribution in [2.45, 2.75) is 103 Å². The topological polar surface area (TPSA) is 122 Å². The Kier molecular flexibility index (Phi) is 11.3. The molecule has 2 aromatic carbocycles. The highest BCUT2D eigenvalue weighted by molar-refractivity contribution is 6.31. The van der Waals surface area contributed by atoms with Crippen molar-refractivity contribution >= 4 is 41.5 Å². The molecule has 13 nitrogen and oxygen atoms in total. The molecular weight excluding hydrogens is 730 g/mol. The summed E-state index contributed by atoms with van der Waals surface area (Å²) in [4.78, 5) is 36.1. The molecule has 5 aromatic rings. The summed E-state index contributed by atoms with van der Waals surface area (Å²) in [6.07, 6.45) is 7.11. The van der Waals surface area contributed by atoms with Crippen molar-refractivity contribution in [3.63, 3.8) is 0 Å². The summed E-state index contributed by atoms with van der Waals surface area (Å²) < 4.78 is 10.4. The molecular formula is C42H52ClN9O4. The molecule has 0 saturated carbocycles. The van der Waals surface area contributed by atoms with Crippen molar-refractivity contribution < 1.29 is 19.2 Å². The molecule has 1 fully saturated rings. The van der Waals surface area contributed by atoms with Gasteiger partial charge in [0.25, 0.3) is 0 Å². The fourth-order valence-electron chi connectivity index (χ4n) is 7.87. The van der Waals surface area contributed by atoms with E-state index in [9.17, 15) is 9.59 Å². The van der Waals surface area contributed by atoms with Gasteiger partial charge in [-0.1, -0.05) is 56.6 Å². The van der Waals surface area contributed by atoms with Crippen LogP contribution in [0.2, 0.25) is 5.02 Å². The van der Waals surface area contributed by atoms with E-state index in [4.69, 9.17) is 26.3 Å². The third-order valence-corrected chi connectivity index (χ3v) is 11.3. The molecule has 1 aliphatic heterocycles. The Morgan fingerprint density at radius 3 is 2.45 bits per heavy atom. The molecule has 2 aliphatic rings. The second-order valence-electron chi connectivity index (χ2n) is 16.3. The number of fused-ring (bicyclic) bond motifs is 2. The molecule has 296 valence electrons. The molecule has 2 amide bonds. The van der Waals surface area contributed by atoms with Gasteiger partial charge < -0.3 is 24.7 Å². The van der Waals surface area contributed by atoms with Gasteiger partial charge >= 0.3 is 12.5 Å². The summed E-state index contributed by atoms with van der Waals surface area (Å²) in [5, 5.41) is 18.7. The highest BCUT2D eigenvalue weighted by Gasteiger charge is 2.34. The molecule has 0 unspecified atom stereocenters. The quantitative estimate of drug-likeness (QED) is 0.105. The van der Waals surface area contributed by atoms with Gasteiger partial charge in [0.2, 0.25) is 5.95 Å². The normalized spacial score (nSPS) is 19.8. The number of aromatic nitrogens is 5. The van der Waals surface area contributed by atoms with Gasteiger partial charge in [-0.15, -0.1) is 15.3 Å². The maximum absolute atomic E-state index is 14.2. The van der Waals surface area contributed by atoms with E-state index in [1.54, 1.807) is 10.7 Å². The smallest absolute Gasteiger partial charge is 0.357 e. The highest BCUT2D eigenvalue weighted by atomic mass is 35.5. The van der Waals surface area contributed by atoms with Crippen molar-refractivity contribution in [1.82, 2.24) is 34.6 Å². The van der Waals surface area contributed by atoms with E-state index in [0.29, 0.717) is 47.1 Å². The molecule has 4 heterocycles. The van der Waals surface area contributed by atoms with Gasteiger partial charge in [0.1, 0.15) is 11.9 Å². The van der Waals surface area contributed by atoms with Crippen LogP contribution in [-0.2, 0) is 21.5 Å². The lowest BCUT2D eigenvalue weighted by atomic mass is 9.85. The van der Waals surface area contributed by atoms with Gasteiger partial charge in [0.15, 0.2) is 11.5 Å². The molecule has 0 radical (unpaired) electrons.